The lowest BCUT2D eigenvalue weighted by molar-refractivity contribution is 0.122. The SMILES string of the molecule is CCC1CCC(Nc2ccc(N3CCOCC3)nc2)CC1. The zero-order valence-electron chi connectivity index (χ0n) is 13.1. The van der Waals surface area contributed by atoms with E-state index in [1.807, 2.05) is 6.20 Å². The van der Waals surface area contributed by atoms with Crippen molar-refractivity contribution in [1.82, 2.24) is 4.98 Å². The summed E-state index contributed by atoms with van der Waals surface area (Å²) in [4.78, 5) is 6.90. The quantitative estimate of drug-likeness (QED) is 0.923. The van der Waals surface area contributed by atoms with E-state index in [4.69, 9.17) is 4.74 Å². The van der Waals surface area contributed by atoms with Crippen molar-refractivity contribution in [2.45, 2.75) is 45.1 Å². The largest absolute Gasteiger partial charge is 0.381 e. The molecular weight excluding hydrogens is 262 g/mol. The highest BCUT2D eigenvalue weighted by Crippen LogP contribution is 2.28. The number of pyridine rings is 1. The summed E-state index contributed by atoms with van der Waals surface area (Å²) in [5.74, 6) is 2.02. The Morgan fingerprint density at radius 1 is 1.19 bits per heavy atom. The van der Waals surface area contributed by atoms with Gasteiger partial charge < -0.3 is 15.0 Å². The molecule has 2 fully saturated rings. The highest BCUT2D eigenvalue weighted by atomic mass is 16.5. The number of hydrogen-bond acceptors (Lipinski definition) is 4. The molecule has 0 amide bonds. The molecule has 3 rings (SSSR count). The van der Waals surface area contributed by atoms with Gasteiger partial charge in [0.15, 0.2) is 0 Å². The molecule has 0 aromatic carbocycles. The molecule has 0 unspecified atom stereocenters. The van der Waals surface area contributed by atoms with E-state index < -0.39 is 0 Å². The van der Waals surface area contributed by atoms with Gasteiger partial charge in [0.2, 0.25) is 0 Å². The maximum atomic E-state index is 5.38. The number of nitrogens with one attached hydrogen (secondary N) is 1. The van der Waals surface area contributed by atoms with Crippen LogP contribution in [0.25, 0.3) is 0 Å². The summed E-state index contributed by atoms with van der Waals surface area (Å²) in [6.45, 7) is 5.82. The van der Waals surface area contributed by atoms with Crippen molar-refractivity contribution in [3.8, 4) is 0 Å². The number of ether oxygens (including phenoxy) is 1. The first-order valence-electron chi connectivity index (χ1n) is 8.40. The molecule has 0 bridgehead atoms. The molecule has 1 saturated carbocycles. The van der Waals surface area contributed by atoms with Crippen LogP contribution in [0.5, 0.6) is 0 Å². The van der Waals surface area contributed by atoms with Crippen molar-refractivity contribution in [3.05, 3.63) is 18.3 Å². The molecule has 4 nitrogen and oxygen atoms in total. The molecule has 1 aliphatic carbocycles. The summed E-state index contributed by atoms with van der Waals surface area (Å²) in [5, 5.41) is 3.65. The molecule has 1 aromatic rings. The summed E-state index contributed by atoms with van der Waals surface area (Å²) < 4.78 is 5.38. The van der Waals surface area contributed by atoms with Gasteiger partial charge in [0.05, 0.1) is 25.1 Å². The minimum absolute atomic E-state index is 0.629. The Labute approximate surface area is 127 Å². The molecule has 2 heterocycles. The van der Waals surface area contributed by atoms with E-state index in [9.17, 15) is 0 Å². The van der Waals surface area contributed by atoms with Gasteiger partial charge in [0, 0.05) is 19.1 Å². The summed E-state index contributed by atoms with van der Waals surface area (Å²) >= 11 is 0. The number of rotatable bonds is 4. The first-order valence-corrected chi connectivity index (χ1v) is 8.40. The van der Waals surface area contributed by atoms with Crippen molar-refractivity contribution >= 4 is 11.5 Å². The Hall–Kier alpha value is -1.29. The Balaban J connectivity index is 1.52. The zero-order valence-corrected chi connectivity index (χ0v) is 13.1. The van der Waals surface area contributed by atoms with Crippen LogP contribution in [0.4, 0.5) is 11.5 Å². The van der Waals surface area contributed by atoms with Crippen molar-refractivity contribution < 1.29 is 4.74 Å². The number of anilines is 2. The monoisotopic (exact) mass is 289 g/mol. The lowest BCUT2D eigenvalue weighted by Crippen LogP contribution is -2.36. The van der Waals surface area contributed by atoms with E-state index in [2.05, 4.69) is 34.3 Å². The van der Waals surface area contributed by atoms with Gasteiger partial charge in [-0.05, 0) is 43.7 Å². The molecule has 2 aliphatic rings. The normalized spacial score (nSPS) is 26.6. The van der Waals surface area contributed by atoms with Gasteiger partial charge in [-0.3, -0.25) is 0 Å². The molecule has 0 spiro atoms. The van der Waals surface area contributed by atoms with Gasteiger partial charge in [-0.15, -0.1) is 0 Å². The van der Waals surface area contributed by atoms with Crippen molar-refractivity contribution in [3.63, 3.8) is 0 Å². The predicted molar refractivity (Wildman–Crippen MR) is 86.9 cm³/mol. The third-order valence-corrected chi connectivity index (χ3v) is 4.88. The van der Waals surface area contributed by atoms with Crippen LogP contribution in [-0.4, -0.2) is 37.3 Å². The average Bonchev–Trinajstić information content (AvgIpc) is 2.57. The fourth-order valence-corrected chi connectivity index (χ4v) is 3.40. The summed E-state index contributed by atoms with van der Waals surface area (Å²) in [5.41, 5.74) is 1.16. The highest BCUT2D eigenvalue weighted by molar-refractivity contribution is 5.49. The molecule has 0 atom stereocenters. The lowest BCUT2D eigenvalue weighted by atomic mass is 9.84. The van der Waals surface area contributed by atoms with Gasteiger partial charge in [-0.2, -0.15) is 0 Å². The number of hydrogen-bond donors (Lipinski definition) is 1. The fourth-order valence-electron chi connectivity index (χ4n) is 3.40. The van der Waals surface area contributed by atoms with Crippen molar-refractivity contribution in [2.75, 3.05) is 36.5 Å². The number of nitrogens with zero attached hydrogens (tertiary/aromatic N) is 2. The number of morpholine rings is 1. The smallest absolute Gasteiger partial charge is 0.128 e. The van der Waals surface area contributed by atoms with Crippen LogP contribution in [0, 0.1) is 5.92 Å². The molecule has 21 heavy (non-hydrogen) atoms. The molecule has 1 aromatic heterocycles. The van der Waals surface area contributed by atoms with Crippen LogP contribution in [-0.2, 0) is 4.74 Å². The van der Waals surface area contributed by atoms with Crippen LogP contribution in [0.3, 0.4) is 0 Å². The van der Waals surface area contributed by atoms with Crippen molar-refractivity contribution in [1.29, 1.82) is 0 Å². The Bertz CT molecular complexity index is 420. The first kappa shape index (κ1) is 14.6. The molecule has 1 saturated heterocycles. The maximum Gasteiger partial charge on any atom is 0.128 e. The minimum atomic E-state index is 0.629. The second kappa shape index (κ2) is 7.12. The van der Waals surface area contributed by atoms with E-state index in [1.54, 1.807) is 0 Å². The van der Waals surface area contributed by atoms with Crippen LogP contribution in [0.15, 0.2) is 18.3 Å². The van der Waals surface area contributed by atoms with E-state index >= 15 is 0 Å². The molecule has 1 N–H and O–H groups in total. The van der Waals surface area contributed by atoms with Crippen LogP contribution in [0.2, 0.25) is 0 Å². The second-order valence-corrected chi connectivity index (χ2v) is 6.27. The molecule has 0 radical (unpaired) electrons. The number of aromatic nitrogens is 1. The maximum absolute atomic E-state index is 5.38. The molecular formula is C17H27N3O. The summed E-state index contributed by atoms with van der Waals surface area (Å²) in [7, 11) is 0. The van der Waals surface area contributed by atoms with Crippen molar-refractivity contribution in [2.24, 2.45) is 5.92 Å². The fraction of sp³-hybridized carbons (Fsp3) is 0.706. The first-order chi connectivity index (χ1) is 10.3. The van der Waals surface area contributed by atoms with Gasteiger partial charge >= 0.3 is 0 Å². The standard InChI is InChI=1S/C17H27N3O/c1-2-14-3-5-15(6-4-14)19-16-7-8-17(18-13-16)20-9-11-21-12-10-20/h7-8,13-15,19H,2-6,9-12H2,1H3. The third kappa shape index (κ3) is 3.88. The summed E-state index contributed by atoms with van der Waals surface area (Å²) in [6.07, 6.45) is 8.65. The van der Waals surface area contributed by atoms with E-state index in [0.717, 1.165) is 43.7 Å². The van der Waals surface area contributed by atoms with Crippen LogP contribution < -0.4 is 10.2 Å². The Kier molecular flexibility index (Phi) is 4.96. The van der Waals surface area contributed by atoms with Gasteiger partial charge in [-0.25, -0.2) is 4.98 Å². The predicted octanol–water partition coefficient (Wildman–Crippen LogP) is 3.30. The van der Waals surface area contributed by atoms with E-state index in [0.29, 0.717) is 6.04 Å². The third-order valence-electron chi connectivity index (χ3n) is 4.88. The topological polar surface area (TPSA) is 37.4 Å². The van der Waals surface area contributed by atoms with E-state index in [1.165, 1.54) is 32.1 Å². The minimum Gasteiger partial charge on any atom is -0.381 e. The highest BCUT2D eigenvalue weighted by Gasteiger charge is 2.20. The lowest BCUT2D eigenvalue weighted by Gasteiger charge is -2.30. The van der Waals surface area contributed by atoms with Crippen LogP contribution in [0.1, 0.15) is 39.0 Å². The average molecular weight is 289 g/mol. The molecule has 4 heteroatoms. The van der Waals surface area contributed by atoms with E-state index in [-0.39, 0.29) is 0 Å². The Morgan fingerprint density at radius 2 is 1.95 bits per heavy atom. The molecule has 1 aliphatic heterocycles. The second-order valence-electron chi connectivity index (χ2n) is 6.27. The van der Waals surface area contributed by atoms with Crippen LogP contribution >= 0.6 is 0 Å². The van der Waals surface area contributed by atoms with Gasteiger partial charge in [0.1, 0.15) is 5.82 Å². The van der Waals surface area contributed by atoms with Gasteiger partial charge in [0.25, 0.3) is 0 Å². The Morgan fingerprint density at radius 3 is 2.57 bits per heavy atom. The zero-order chi connectivity index (χ0) is 14.5. The summed E-state index contributed by atoms with van der Waals surface area (Å²) in [6, 6.07) is 4.93. The molecule has 116 valence electrons. The van der Waals surface area contributed by atoms with Gasteiger partial charge in [-0.1, -0.05) is 13.3 Å².